The fourth-order valence-electron chi connectivity index (χ4n) is 4.31. The Morgan fingerprint density at radius 3 is 1.71 bits per heavy atom. The molecular weight excluding hydrogens is 508 g/mol. The number of para-hydroxylation sites is 2. The summed E-state index contributed by atoms with van der Waals surface area (Å²) in [6.07, 6.45) is 27.9. The molecule has 0 saturated heterocycles. The van der Waals surface area contributed by atoms with Gasteiger partial charge < -0.3 is 9.80 Å². The lowest BCUT2D eigenvalue weighted by Gasteiger charge is -2.27. The van der Waals surface area contributed by atoms with Crippen LogP contribution >= 0.6 is 0 Å². The fourth-order valence-corrected chi connectivity index (χ4v) is 4.31. The Morgan fingerprint density at radius 2 is 1.21 bits per heavy atom. The molecular formula is C40H44N2. The minimum atomic E-state index is 0.943. The van der Waals surface area contributed by atoms with Crippen molar-refractivity contribution in [3.63, 3.8) is 0 Å². The highest BCUT2D eigenvalue weighted by molar-refractivity contribution is 5.64. The van der Waals surface area contributed by atoms with E-state index in [1.807, 2.05) is 92.8 Å². The van der Waals surface area contributed by atoms with E-state index in [-0.39, 0.29) is 0 Å². The number of hydrogen-bond acceptors (Lipinski definition) is 2. The molecule has 42 heavy (non-hydrogen) atoms. The molecule has 2 rings (SSSR count). The Hall–Kier alpha value is -5.08. The molecule has 2 aromatic carbocycles. The van der Waals surface area contributed by atoms with E-state index in [4.69, 9.17) is 0 Å². The molecule has 0 heterocycles. The average molecular weight is 553 g/mol. The first kappa shape index (κ1) is 33.1. The standard InChI is InChI=1S/C40H44N2/c1-9-15-24-36(13-5)42(40-27-20-17-21-28-40)37(14-6)32-29-33(7)35(12-4)31-30-34(8)41(38(22-10-2)23-11-3)39-25-18-16-19-26-39/h9-32H,1-2,4,6H2,3,5,7-8H3/b23-11-,24-15-,33-29+,34-30+,35-31+,36-13+,37-32+,38-22+. The van der Waals surface area contributed by atoms with Crippen LogP contribution in [0, 0.1) is 0 Å². The number of nitrogens with zero attached hydrogens (tertiary/aromatic N) is 2. The van der Waals surface area contributed by atoms with Crippen molar-refractivity contribution in [2.24, 2.45) is 0 Å². The zero-order valence-electron chi connectivity index (χ0n) is 25.6. The highest BCUT2D eigenvalue weighted by atomic mass is 15.2. The molecule has 2 aromatic rings. The Kier molecular flexibility index (Phi) is 14.4. The second kappa shape index (κ2) is 18.3. The van der Waals surface area contributed by atoms with Crippen LogP contribution in [0.1, 0.15) is 27.7 Å². The van der Waals surface area contributed by atoms with Gasteiger partial charge in [0.15, 0.2) is 0 Å². The van der Waals surface area contributed by atoms with Crippen LogP contribution in [0.25, 0.3) is 0 Å². The third-order valence-electron chi connectivity index (χ3n) is 6.37. The van der Waals surface area contributed by atoms with E-state index in [1.165, 1.54) is 0 Å². The van der Waals surface area contributed by atoms with Crippen molar-refractivity contribution < 1.29 is 0 Å². The molecule has 0 aliphatic heterocycles. The molecule has 0 spiro atoms. The molecule has 0 aromatic heterocycles. The Balaban J connectivity index is 2.56. The number of hydrogen-bond donors (Lipinski definition) is 0. The lowest BCUT2D eigenvalue weighted by atomic mass is 10.1. The van der Waals surface area contributed by atoms with Crippen LogP contribution in [-0.4, -0.2) is 0 Å². The van der Waals surface area contributed by atoms with Gasteiger partial charge >= 0.3 is 0 Å². The van der Waals surface area contributed by atoms with Crippen molar-refractivity contribution in [2.75, 3.05) is 9.80 Å². The normalized spacial score (nSPS) is 13.8. The number of benzene rings is 2. The van der Waals surface area contributed by atoms with E-state index in [2.05, 4.69) is 111 Å². The molecule has 0 unspecified atom stereocenters. The number of anilines is 2. The minimum absolute atomic E-state index is 0.943. The first-order chi connectivity index (χ1) is 20.4. The number of rotatable bonds is 15. The quantitative estimate of drug-likeness (QED) is 0.203. The van der Waals surface area contributed by atoms with Gasteiger partial charge in [-0.3, -0.25) is 0 Å². The summed E-state index contributed by atoms with van der Waals surface area (Å²) in [7, 11) is 0. The third-order valence-corrected chi connectivity index (χ3v) is 6.37. The van der Waals surface area contributed by atoms with E-state index in [0.29, 0.717) is 0 Å². The lowest BCUT2D eigenvalue weighted by Crippen LogP contribution is -2.19. The van der Waals surface area contributed by atoms with Crippen LogP contribution in [0.4, 0.5) is 11.4 Å². The maximum atomic E-state index is 4.12. The summed E-state index contributed by atoms with van der Waals surface area (Å²) in [5.74, 6) is 0. The van der Waals surface area contributed by atoms with Gasteiger partial charge in [0.25, 0.3) is 0 Å². The largest absolute Gasteiger partial charge is 0.315 e. The van der Waals surface area contributed by atoms with Crippen LogP contribution < -0.4 is 9.80 Å². The molecule has 0 atom stereocenters. The predicted octanol–water partition coefficient (Wildman–Crippen LogP) is 11.3. The second-order valence-electron chi connectivity index (χ2n) is 9.26. The summed E-state index contributed by atoms with van der Waals surface area (Å²) >= 11 is 0. The van der Waals surface area contributed by atoms with Gasteiger partial charge in [-0.2, -0.15) is 0 Å². The molecule has 0 radical (unpaired) electrons. The van der Waals surface area contributed by atoms with Crippen molar-refractivity contribution in [3.8, 4) is 0 Å². The molecule has 0 saturated carbocycles. The van der Waals surface area contributed by atoms with Crippen LogP contribution in [0.5, 0.6) is 0 Å². The molecule has 0 bridgehead atoms. The van der Waals surface area contributed by atoms with Gasteiger partial charge in [-0.25, -0.2) is 0 Å². The molecule has 0 N–H and O–H groups in total. The number of allylic oxidation sites excluding steroid dienone is 17. The maximum Gasteiger partial charge on any atom is 0.0461 e. The van der Waals surface area contributed by atoms with Gasteiger partial charge in [0, 0.05) is 34.2 Å². The molecule has 0 amide bonds. The summed E-state index contributed by atoms with van der Waals surface area (Å²) < 4.78 is 0. The smallest absolute Gasteiger partial charge is 0.0461 e. The van der Waals surface area contributed by atoms with Gasteiger partial charge in [-0.05, 0) is 99.6 Å². The molecule has 214 valence electrons. The fraction of sp³-hybridized carbons (Fsp3) is 0.100. The van der Waals surface area contributed by atoms with Gasteiger partial charge in [0.1, 0.15) is 0 Å². The Labute approximate surface area is 254 Å². The SMILES string of the molecule is C=C/C=C\C(=C/C)N(/C(C=C)=C/C=C(C)/C(C=C)=C/C=C(\C)N(C(/C=C\C)=C/C=C)c1ccccc1)c1ccccc1. The van der Waals surface area contributed by atoms with Gasteiger partial charge in [0.2, 0.25) is 0 Å². The van der Waals surface area contributed by atoms with Crippen LogP contribution in [0.15, 0.2) is 206 Å². The van der Waals surface area contributed by atoms with Crippen molar-refractivity contribution in [1.29, 1.82) is 0 Å². The minimum Gasteiger partial charge on any atom is -0.315 e. The predicted molar refractivity (Wildman–Crippen MR) is 188 cm³/mol. The summed E-state index contributed by atoms with van der Waals surface area (Å²) in [6.45, 7) is 24.2. The first-order valence-corrected chi connectivity index (χ1v) is 14.1. The molecule has 0 aliphatic carbocycles. The van der Waals surface area contributed by atoms with Crippen LogP contribution in [0.3, 0.4) is 0 Å². The first-order valence-electron chi connectivity index (χ1n) is 14.1. The van der Waals surface area contributed by atoms with E-state index in [1.54, 1.807) is 6.08 Å². The van der Waals surface area contributed by atoms with Crippen molar-refractivity contribution in [1.82, 2.24) is 0 Å². The van der Waals surface area contributed by atoms with Gasteiger partial charge in [0.05, 0.1) is 0 Å². The average Bonchev–Trinajstić information content (AvgIpc) is 3.02. The molecule has 2 heteroatoms. The van der Waals surface area contributed by atoms with Gasteiger partial charge in [-0.1, -0.05) is 111 Å². The zero-order chi connectivity index (χ0) is 30.7. The molecule has 0 fully saturated rings. The summed E-state index contributed by atoms with van der Waals surface area (Å²) in [5, 5.41) is 0. The van der Waals surface area contributed by atoms with Crippen molar-refractivity contribution >= 4 is 11.4 Å². The highest BCUT2D eigenvalue weighted by Crippen LogP contribution is 2.27. The summed E-state index contributed by atoms with van der Waals surface area (Å²) in [5.41, 5.74) is 8.25. The van der Waals surface area contributed by atoms with Crippen molar-refractivity contribution in [2.45, 2.75) is 27.7 Å². The molecule has 0 aliphatic rings. The highest BCUT2D eigenvalue weighted by Gasteiger charge is 2.13. The third kappa shape index (κ3) is 9.53. The van der Waals surface area contributed by atoms with Crippen molar-refractivity contribution in [3.05, 3.63) is 206 Å². The summed E-state index contributed by atoms with van der Waals surface area (Å²) in [6, 6.07) is 20.6. The van der Waals surface area contributed by atoms with Crippen LogP contribution in [0.2, 0.25) is 0 Å². The van der Waals surface area contributed by atoms with E-state index < -0.39 is 0 Å². The zero-order valence-corrected chi connectivity index (χ0v) is 25.6. The second-order valence-corrected chi connectivity index (χ2v) is 9.26. The molecule has 2 nitrogen and oxygen atoms in total. The summed E-state index contributed by atoms with van der Waals surface area (Å²) in [4.78, 5) is 4.38. The van der Waals surface area contributed by atoms with E-state index >= 15 is 0 Å². The Bertz CT molecular complexity index is 1450. The Morgan fingerprint density at radius 1 is 0.595 bits per heavy atom. The van der Waals surface area contributed by atoms with Gasteiger partial charge in [-0.15, -0.1) is 0 Å². The van der Waals surface area contributed by atoms with Crippen LogP contribution in [-0.2, 0) is 0 Å². The maximum absolute atomic E-state index is 4.12. The monoisotopic (exact) mass is 552 g/mol. The van der Waals surface area contributed by atoms with E-state index in [0.717, 1.165) is 45.3 Å². The topological polar surface area (TPSA) is 6.48 Å². The lowest BCUT2D eigenvalue weighted by molar-refractivity contribution is 1.10. The van der Waals surface area contributed by atoms with E-state index in [9.17, 15) is 0 Å².